The minimum atomic E-state index is -0.448. The van der Waals surface area contributed by atoms with Crippen LogP contribution in [0.2, 0.25) is 0 Å². The number of hydrogen-bond donors (Lipinski definition) is 0. The summed E-state index contributed by atoms with van der Waals surface area (Å²) in [6, 6.07) is 3.84. The molecule has 0 aromatic carbocycles. The number of hydrogen-bond acceptors (Lipinski definition) is 4. The van der Waals surface area contributed by atoms with Crippen LogP contribution in [0, 0.1) is 23.7 Å². The summed E-state index contributed by atoms with van der Waals surface area (Å²) in [6.45, 7) is 7.69. The number of carbonyl (C=O) groups excluding carboxylic acids is 1. The quantitative estimate of drug-likeness (QED) is 0.582. The van der Waals surface area contributed by atoms with Gasteiger partial charge in [-0.3, -0.25) is 0 Å². The number of nitriles is 1. The second-order valence-electron chi connectivity index (χ2n) is 5.83. The van der Waals surface area contributed by atoms with Gasteiger partial charge in [-0.05, 0) is 24.6 Å². The van der Waals surface area contributed by atoms with Crippen molar-refractivity contribution in [3.63, 3.8) is 0 Å². The summed E-state index contributed by atoms with van der Waals surface area (Å²) in [5.74, 6) is -0.0282. The molecule has 0 spiro atoms. The molecule has 1 aliphatic heterocycles. The van der Waals surface area contributed by atoms with Gasteiger partial charge in [-0.25, -0.2) is 9.79 Å². The topological polar surface area (TPSA) is 67.4 Å². The van der Waals surface area contributed by atoms with Crippen LogP contribution in [-0.2, 0) is 16.6 Å². The van der Waals surface area contributed by atoms with Crippen LogP contribution < -0.4 is 0 Å². The molecule has 0 aliphatic carbocycles. The van der Waals surface area contributed by atoms with Crippen LogP contribution in [0.5, 0.6) is 0 Å². The van der Waals surface area contributed by atoms with Gasteiger partial charge in [0.15, 0.2) is 5.70 Å². The molecule has 0 amide bonds. The molecule has 0 saturated heterocycles. The van der Waals surface area contributed by atoms with Crippen LogP contribution in [0.3, 0.4) is 0 Å². The summed E-state index contributed by atoms with van der Waals surface area (Å²) in [6.07, 6.45) is 1.66. The number of aliphatic imine (C=N–C) groups is 1. The lowest BCUT2D eigenvalue weighted by molar-refractivity contribution is -0.130. The minimum absolute atomic E-state index is 0.271. The predicted molar refractivity (Wildman–Crippen MR) is 75.8 cm³/mol. The van der Waals surface area contributed by atoms with Crippen LogP contribution >= 0.6 is 0 Å². The Kier molecular flexibility index (Phi) is 3.26. The van der Waals surface area contributed by atoms with Crippen molar-refractivity contribution >= 4 is 17.9 Å². The summed E-state index contributed by atoms with van der Waals surface area (Å²) >= 11 is 0. The van der Waals surface area contributed by atoms with E-state index in [-0.39, 0.29) is 11.1 Å². The zero-order valence-corrected chi connectivity index (χ0v) is 12.3. The SMILES string of the molecule is Cc1c(C=C2N=C(C(C)(C)C)OC2=O)cc(C#N)n1C. The average Bonchev–Trinajstić information content (AvgIpc) is 2.85. The van der Waals surface area contributed by atoms with Gasteiger partial charge in [-0.2, -0.15) is 5.26 Å². The third kappa shape index (κ3) is 2.37. The Balaban J connectivity index is 2.45. The average molecular weight is 271 g/mol. The molecule has 0 saturated carbocycles. The first-order valence-electron chi connectivity index (χ1n) is 6.33. The van der Waals surface area contributed by atoms with Crippen molar-refractivity contribution in [2.24, 2.45) is 17.5 Å². The molecule has 1 aliphatic rings. The van der Waals surface area contributed by atoms with Crippen molar-refractivity contribution in [3.05, 3.63) is 28.7 Å². The molecule has 5 heteroatoms. The first kappa shape index (κ1) is 14.1. The molecule has 2 rings (SSSR count). The third-order valence-corrected chi connectivity index (χ3v) is 3.24. The molecule has 0 radical (unpaired) electrons. The number of cyclic esters (lactones) is 1. The molecule has 0 fully saturated rings. The van der Waals surface area contributed by atoms with Gasteiger partial charge in [0.1, 0.15) is 11.8 Å². The predicted octanol–water partition coefficient (Wildman–Crippen LogP) is 2.55. The number of aromatic nitrogens is 1. The van der Waals surface area contributed by atoms with Crippen molar-refractivity contribution in [1.29, 1.82) is 5.26 Å². The van der Waals surface area contributed by atoms with Gasteiger partial charge in [-0.1, -0.05) is 20.8 Å². The lowest BCUT2D eigenvalue weighted by Crippen LogP contribution is -2.21. The fraction of sp³-hybridized carbons (Fsp3) is 0.400. The van der Waals surface area contributed by atoms with Crippen molar-refractivity contribution in [1.82, 2.24) is 4.57 Å². The zero-order chi connectivity index (χ0) is 15.1. The molecule has 104 valence electrons. The van der Waals surface area contributed by atoms with Gasteiger partial charge < -0.3 is 9.30 Å². The van der Waals surface area contributed by atoms with Gasteiger partial charge >= 0.3 is 5.97 Å². The van der Waals surface area contributed by atoms with E-state index in [0.717, 1.165) is 11.3 Å². The lowest BCUT2D eigenvalue weighted by Gasteiger charge is -2.15. The number of rotatable bonds is 1. The zero-order valence-electron chi connectivity index (χ0n) is 12.3. The van der Waals surface area contributed by atoms with Crippen molar-refractivity contribution < 1.29 is 9.53 Å². The maximum atomic E-state index is 11.8. The van der Waals surface area contributed by atoms with Gasteiger partial charge in [0.05, 0.1) is 0 Å². The summed E-state index contributed by atoms with van der Waals surface area (Å²) in [7, 11) is 1.81. The standard InChI is InChI=1S/C15H17N3O2/c1-9-10(6-11(8-16)18(9)5)7-12-13(19)20-14(17-12)15(2,3)4/h6-7H,1-5H3. The molecule has 20 heavy (non-hydrogen) atoms. The van der Waals surface area contributed by atoms with Crippen LogP contribution in [0.15, 0.2) is 16.8 Å². The Bertz CT molecular complexity index is 679. The van der Waals surface area contributed by atoms with Crippen LogP contribution in [0.1, 0.15) is 37.7 Å². The Morgan fingerprint density at radius 3 is 2.55 bits per heavy atom. The Hall–Kier alpha value is -2.35. The highest BCUT2D eigenvalue weighted by Gasteiger charge is 2.31. The molecule has 0 bridgehead atoms. The highest BCUT2D eigenvalue weighted by Crippen LogP contribution is 2.26. The molecule has 0 unspecified atom stereocenters. The van der Waals surface area contributed by atoms with Gasteiger partial charge in [0.2, 0.25) is 5.90 Å². The number of nitrogens with zero attached hydrogens (tertiary/aromatic N) is 3. The highest BCUT2D eigenvalue weighted by atomic mass is 16.6. The van der Waals surface area contributed by atoms with Gasteiger partial charge in [-0.15, -0.1) is 0 Å². The van der Waals surface area contributed by atoms with Crippen molar-refractivity contribution in [2.75, 3.05) is 0 Å². The van der Waals surface area contributed by atoms with E-state index >= 15 is 0 Å². The first-order valence-corrected chi connectivity index (χ1v) is 6.33. The number of ether oxygens (including phenoxy) is 1. The number of esters is 1. The third-order valence-electron chi connectivity index (χ3n) is 3.24. The molecular formula is C15H17N3O2. The summed E-state index contributed by atoms with van der Waals surface area (Å²) in [5, 5.41) is 9.01. The Morgan fingerprint density at radius 1 is 1.45 bits per heavy atom. The van der Waals surface area contributed by atoms with E-state index in [9.17, 15) is 4.79 Å². The summed E-state index contributed by atoms with van der Waals surface area (Å²) in [4.78, 5) is 16.1. The second kappa shape index (κ2) is 4.64. The van der Waals surface area contributed by atoms with E-state index < -0.39 is 5.97 Å². The first-order chi connectivity index (χ1) is 9.24. The van der Waals surface area contributed by atoms with E-state index in [1.54, 1.807) is 16.7 Å². The van der Waals surface area contributed by atoms with E-state index in [0.29, 0.717) is 11.6 Å². The lowest BCUT2D eigenvalue weighted by atomic mass is 9.97. The smallest absolute Gasteiger partial charge is 0.363 e. The Labute approximate surface area is 118 Å². The monoisotopic (exact) mass is 271 g/mol. The molecular weight excluding hydrogens is 254 g/mol. The molecule has 0 N–H and O–H groups in total. The van der Waals surface area contributed by atoms with Crippen molar-refractivity contribution in [2.45, 2.75) is 27.7 Å². The molecule has 2 heterocycles. The van der Waals surface area contributed by atoms with Gasteiger partial charge in [0.25, 0.3) is 0 Å². The van der Waals surface area contributed by atoms with Crippen molar-refractivity contribution in [3.8, 4) is 6.07 Å². The van der Waals surface area contributed by atoms with Gasteiger partial charge in [0, 0.05) is 18.2 Å². The summed E-state index contributed by atoms with van der Waals surface area (Å²) < 4.78 is 6.96. The fourth-order valence-corrected chi connectivity index (χ4v) is 1.85. The second-order valence-corrected chi connectivity index (χ2v) is 5.83. The van der Waals surface area contributed by atoms with E-state index in [1.807, 2.05) is 34.7 Å². The normalized spacial score (nSPS) is 17.1. The van der Waals surface area contributed by atoms with E-state index in [4.69, 9.17) is 10.00 Å². The highest BCUT2D eigenvalue weighted by molar-refractivity contribution is 6.08. The Morgan fingerprint density at radius 2 is 2.10 bits per heavy atom. The molecule has 0 atom stereocenters. The minimum Gasteiger partial charge on any atom is -0.406 e. The van der Waals surface area contributed by atoms with Crippen LogP contribution in [0.4, 0.5) is 0 Å². The number of carbonyl (C=O) groups is 1. The van der Waals surface area contributed by atoms with Crippen LogP contribution in [0.25, 0.3) is 6.08 Å². The molecule has 5 nitrogen and oxygen atoms in total. The summed E-state index contributed by atoms with van der Waals surface area (Å²) in [5.41, 5.74) is 2.21. The maximum Gasteiger partial charge on any atom is 0.363 e. The fourth-order valence-electron chi connectivity index (χ4n) is 1.85. The molecule has 1 aromatic heterocycles. The van der Waals surface area contributed by atoms with E-state index in [1.165, 1.54) is 0 Å². The largest absolute Gasteiger partial charge is 0.406 e. The molecule has 1 aromatic rings. The van der Waals surface area contributed by atoms with E-state index in [2.05, 4.69) is 11.1 Å². The van der Waals surface area contributed by atoms with Crippen LogP contribution in [-0.4, -0.2) is 16.4 Å². The maximum absolute atomic E-state index is 11.8.